The standard InChI is InChI=1S/C38H46F2N8O3/c39-29-9-12-32(40)28(23-29)24-42-34-17-22-48-36(45-34)31(25-43-48)37(50)41-18-5-3-1-2-4-6-19-47-20-15-27(16-21-47)26-7-10-30(11-8-26)44-33-13-14-35(49)46-38(33)51/h7-12,17,22-23,25,27,33,44H,1-6,13-16,18-21,24H2,(H,41,50)(H,42,45)(H,46,49,51). The molecule has 0 saturated carbocycles. The van der Waals surface area contributed by atoms with Crippen LogP contribution in [-0.4, -0.2) is 69.4 Å². The Bertz CT molecular complexity index is 1810. The van der Waals surface area contributed by atoms with Crippen LogP contribution in [0, 0.1) is 11.6 Å². The van der Waals surface area contributed by atoms with Gasteiger partial charge in [0.2, 0.25) is 11.8 Å². The van der Waals surface area contributed by atoms with E-state index < -0.39 is 11.6 Å². The van der Waals surface area contributed by atoms with Crippen LogP contribution in [-0.2, 0) is 16.1 Å². The number of anilines is 2. The van der Waals surface area contributed by atoms with Crippen LogP contribution in [0.2, 0.25) is 0 Å². The first-order valence-corrected chi connectivity index (χ1v) is 18.1. The second-order valence-electron chi connectivity index (χ2n) is 13.5. The summed E-state index contributed by atoms with van der Waals surface area (Å²) in [6.45, 7) is 3.96. The summed E-state index contributed by atoms with van der Waals surface area (Å²) >= 11 is 0. The van der Waals surface area contributed by atoms with Crippen LogP contribution in [0.1, 0.15) is 91.6 Å². The lowest BCUT2D eigenvalue weighted by Crippen LogP contribution is -2.47. The van der Waals surface area contributed by atoms with Crippen molar-refractivity contribution < 1.29 is 23.2 Å². The van der Waals surface area contributed by atoms with Gasteiger partial charge in [-0.3, -0.25) is 19.7 Å². The van der Waals surface area contributed by atoms with E-state index in [-0.39, 0.29) is 35.9 Å². The van der Waals surface area contributed by atoms with Gasteiger partial charge in [0, 0.05) is 37.0 Å². The maximum atomic E-state index is 14.0. The Morgan fingerprint density at radius 1 is 0.922 bits per heavy atom. The molecule has 1 unspecified atom stereocenters. The van der Waals surface area contributed by atoms with E-state index in [1.165, 1.54) is 35.5 Å². The number of halogens is 2. The number of piperidine rings is 2. The fourth-order valence-corrected chi connectivity index (χ4v) is 6.83. The molecule has 51 heavy (non-hydrogen) atoms. The van der Waals surface area contributed by atoms with Crippen molar-refractivity contribution >= 4 is 34.9 Å². The highest BCUT2D eigenvalue weighted by molar-refractivity contribution is 6.01. The van der Waals surface area contributed by atoms with E-state index in [0.717, 1.165) is 75.6 Å². The maximum absolute atomic E-state index is 14.0. The fourth-order valence-electron chi connectivity index (χ4n) is 6.83. The third-order valence-corrected chi connectivity index (χ3v) is 9.82. The molecule has 13 heteroatoms. The number of nitrogens with one attached hydrogen (secondary N) is 4. The normalized spacial score (nSPS) is 17.0. The van der Waals surface area contributed by atoms with Crippen molar-refractivity contribution in [3.63, 3.8) is 0 Å². The molecule has 1 atom stereocenters. The van der Waals surface area contributed by atoms with Gasteiger partial charge in [-0.2, -0.15) is 5.10 Å². The highest BCUT2D eigenvalue weighted by Crippen LogP contribution is 2.29. The second kappa shape index (κ2) is 17.3. The molecule has 4 heterocycles. The molecule has 0 bridgehead atoms. The minimum Gasteiger partial charge on any atom is -0.374 e. The Morgan fingerprint density at radius 2 is 1.69 bits per heavy atom. The van der Waals surface area contributed by atoms with Crippen LogP contribution in [0.3, 0.4) is 0 Å². The first kappa shape index (κ1) is 35.9. The van der Waals surface area contributed by atoms with Gasteiger partial charge < -0.3 is 20.9 Å². The number of hydrogen-bond acceptors (Lipinski definition) is 8. The number of amides is 3. The van der Waals surface area contributed by atoms with Crippen molar-refractivity contribution in [1.82, 2.24) is 30.1 Å². The maximum Gasteiger partial charge on any atom is 0.256 e. The predicted molar refractivity (Wildman–Crippen MR) is 191 cm³/mol. The molecule has 4 aromatic rings. The van der Waals surface area contributed by atoms with Crippen molar-refractivity contribution in [2.24, 2.45) is 0 Å². The first-order chi connectivity index (χ1) is 24.8. The van der Waals surface area contributed by atoms with E-state index in [1.54, 1.807) is 12.3 Å². The average Bonchev–Trinajstić information content (AvgIpc) is 3.56. The fraction of sp³-hybridized carbons (Fsp3) is 0.447. The molecular formula is C38H46F2N8O3. The van der Waals surface area contributed by atoms with Crippen LogP contribution >= 0.6 is 0 Å². The number of carbonyl (C=O) groups excluding carboxylic acids is 3. The number of likely N-dealkylation sites (tertiary alicyclic amines) is 1. The molecule has 11 nitrogen and oxygen atoms in total. The average molecular weight is 701 g/mol. The minimum atomic E-state index is -0.514. The van der Waals surface area contributed by atoms with Crippen LogP contribution in [0.15, 0.2) is 60.9 Å². The van der Waals surface area contributed by atoms with E-state index >= 15 is 0 Å². The summed E-state index contributed by atoms with van der Waals surface area (Å²) in [4.78, 5) is 43.3. The van der Waals surface area contributed by atoms with Crippen LogP contribution in [0.4, 0.5) is 20.3 Å². The van der Waals surface area contributed by atoms with E-state index in [0.29, 0.717) is 42.3 Å². The summed E-state index contributed by atoms with van der Waals surface area (Å²) in [5.41, 5.74) is 3.17. The van der Waals surface area contributed by atoms with Crippen molar-refractivity contribution in [2.45, 2.75) is 82.7 Å². The zero-order valence-electron chi connectivity index (χ0n) is 28.8. The first-order valence-electron chi connectivity index (χ1n) is 18.1. The molecule has 0 aliphatic carbocycles. The van der Waals surface area contributed by atoms with Gasteiger partial charge in [-0.05, 0) is 99.6 Å². The number of rotatable bonds is 16. The Labute approximate surface area is 296 Å². The number of aromatic nitrogens is 3. The molecule has 0 spiro atoms. The van der Waals surface area contributed by atoms with E-state index in [9.17, 15) is 23.2 Å². The Hall–Kier alpha value is -4.91. The third-order valence-electron chi connectivity index (χ3n) is 9.82. The van der Waals surface area contributed by atoms with Crippen molar-refractivity contribution in [3.05, 3.63) is 89.2 Å². The quantitative estimate of drug-likeness (QED) is 0.0854. The molecule has 2 aliphatic rings. The predicted octanol–water partition coefficient (Wildman–Crippen LogP) is 5.79. The SMILES string of the molecule is O=C1CCC(Nc2ccc(C3CCN(CCCCCCCCNC(=O)c4cnn5ccc(NCc6cc(F)ccc6F)nc45)CC3)cc2)C(=O)N1. The molecule has 6 rings (SSSR count). The number of nitrogens with zero attached hydrogens (tertiary/aromatic N) is 4. The largest absolute Gasteiger partial charge is 0.374 e. The summed E-state index contributed by atoms with van der Waals surface area (Å²) < 4.78 is 29.0. The van der Waals surface area contributed by atoms with Gasteiger partial charge in [0.15, 0.2) is 5.65 Å². The lowest BCUT2D eigenvalue weighted by molar-refractivity contribution is -0.133. The van der Waals surface area contributed by atoms with Gasteiger partial charge in [0.05, 0.1) is 6.20 Å². The lowest BCUT2D eigenvalue weighted by atomic mass is 9.89. The smallest absolute Gasteiger partial charge is 0.256 e. The summed E-state index contributed by atoms with van der Waals surface area (Å²) in [7, 11) is 0. The number of benzene rings is 2. The minimum absolute atomic E-state index is 0.0497. The number of carbonyl (C=O) groups is 3. The molecule has 0 radical (unpaired) electrons. The van der Waals surface area contributed by atoms with Crippen molar-refractivity contribution in [2.75, 3.05) is 36.8 Å². The van der Waals surface area contributed by atoms with Crippen molar-refractivity contribution in [1.29, 1.82) is 0 Å². The molecule has 2 saturated heterocycles. The van der Waals surface area contributed by atoms with Crippen LogP contribution in [0.25, 0.3) is 5.65 Å². The van der Waals surface area contributed by atoms with E-state index in [1.807, 2.05) is 12.1 Å². The highest BCUT2D eigenvalue weighted by Gasteiger charge is 2.26. The summed E-state index contributed by atoms with van der Waals surface area (Å²) in [5.74, 6) is -0.745. The zero-order chi connectivity index (χ0) is 35.6. The number of hydrogen-bond donors (Lipinski definition) is 4. The summed E-state index contributed by atoms with van der Waals surface area (Å²) in [6.07, 6.45) is 13.0. The van der Waals surface area contributed by atoms with Gasteiger partial charge in [-0.15, -0.1) is 0 Å². The topological polar surface area (TPSA) is 133 Å². The molecule has 4 N–H and O–H groups in total. The second-order valence-corrected chi connectivity index (χ2v) is 13.5. The molecule has 2 aromatic heterocycles. The molecule has 2 aliphatic heterocycles. The number of fused-ring (bicyclic) bond motifs is 1. The molecule has 2 fully saturated rings. The van der Waals surface area contributed by atoms with E-state index in [4.69, 9.17) is 0 Å². The van der Waals surface area contributed by atoms with Crippen molar-refractivity contribution in [3.8, 4) is 0 Å². The van der Waals surface area contributed by atoms with Gasteiger partial charge in [-0.1, -0.05) is 37.8 Å². The Morgan fingerprint density at radius 3 is 2.47 bits per heavy atom. The van der Waals surface area contributed by atoms with E-state index in [2.05, 4.69) is 48.4 Å². The van der Waals surface area contributed by atoms with Gasteiger partial charge in [-0.25, -0.2) is 18.3 Å². The number of unbranched alkanes of at least 4 members (excludes halogenated alkanes) is 5. The highest BCUT2D eigenvalue weighted by atomic mass is 19.1. The molecule has 2 aromatic carbocycles. The Balaban J connectivity index is 0.816. The number of imide groups is 1. The van der Waals surface area contributed by atoms with Gasteiger partial charge in [0.25, 0.3) is 5.91 Å². The lowest BCUT2D eigenvalue weighted by Gasteiger charge is -2.32. The van der Waals surface area contributed by atoms with Gasteiger partial charge in [0.1, 0.15) is 29.1 Å². The summed E-state index contributed by atoms with van der Waals surface area (Å²) in [5, 5.41) is 15.8. The molecule has 270 valence electrons. The molecular weight excluding hydrogens is 654 g/mol. The van der Waals surface area contributed by atoms with Gasteiger partial charge >= 0.3 is 0 Å². The van der Waals surface area contributed by atoms with Crippen LogP contribution < -0.4 is 21.3 Å². The van der Waals surface area contributed by atoms with Crippen LogP contribution in [0.5, 0.6) is 0 Å². The third kappa shape index (κ3) is 9.87. The zero-order valence-corrected chi connectivity index (χ0v) is 28.8. The molecule has 3 amide bonds. The monoisotopic (exact) mass is 700 g/mol. The Kier molecular flexibility index (Phi) is 12.2. The summed E-state index contributed by atoms with van der Waals surface area (Å²) in [6, 6.07) is 13.0.